The summed E-state index contributed by atoms with van der Waals surface area (Å²) in [5.74, 6) is 1.53. The van der Waals surface area contributed by atoms with E-state index in [1.807, 2.05) is 67.6 Å². The number of hydrazone groups is 1. The standard InChI is InChI=1S/C24H24N2O4/c1-3-29-22-14-9-18(15-23(22)28-2)16-25-26-24(27)17-30-21-12-10-20(11-13-21)19-7-5-4-6-8-19/h4-16H,3,17H2,1-2H3,(H,26,27). The number of amides is 1. The topological polar surface area (TPSA) is 69.2 Å². The van der Waals surface area contributed by atoms with Gasteiger partial charge in [0.15, 0.2) is 18.1 Å². The van der Waals surface area contributed by atoms with Crippen LogP contribution < -0.4 is 19.6 Å². The van der Waals surface area contributed by atoms with E-state index in [-0.39, 0.29) is 12.5 Å². The number of benzene rings is 3. The SMILES string of the molecule is CCOc1ccc(C=NNC(=O)COc2ccc(-c3ccccc3)cc2)cc1OC. The van der Waals surface area contributed by atoms with E-state index >= 15 is 0 Å². The first kappa shape index (κ1) is 20.9. The van der Waals surface area contributed by atoms with Gasteiger partial charge in [-0.1, -0.05) is 42.5 Å². The molecule has 0 radical (unpaired) electrons. The number of carbonyl (C=O) groups is 1. The molecule has 0 aliphatic carbocycles. The quantitative estimate of drug-likeness (QED) is 0.427. The number of carbonyl (C=O) groups excluding carboxylic acids is 1. The van der Waals surface area contributed by atoms with Crippen LogP contribution in [0.15, 0.2) is 77.9 Å². The second-order valence-corrected chi connectivity index (χ2v) is 6.32. The van der Waals surface area contributed by atoms with Crippen molar-refractivity contribution < 1.29 is 19.0 Å². The van der Waals surface area contributed by atoms with Crippen molar-refractivity contribution in [3.8, 4) is 28.4 Å². The number of hydrogen-bond acceptors (Lipinski definition) is 5. The first-order valence-electron chi connectivity index (χ1n) is 9.60. The molecule has 0 fully saturated rings. The van der Waals surface area contributed by atoms with Gasteiger partial charge in [0.05, 0.1) is 19.9 Å². The van der Waals surface area contributed by atoms with Crippen molar-refractivity contribution in [1.29, 1.82) is 0 Å². The predicted molar refractivity (Wildman–Crippen MR) is 117 cm³/mol. The molecule has 0 atom stereocenters. The Morgan fingerprint density at radius 3 is 2.37 bits per heavy atom. The van der Waals surface area contributed by atoms with Crippen LogP contribution in [0.3, 0.4) is 0 Å². The van der Waals surface area contributed by atoms with Gasteiger partial charge in [-0.3, -0.25) is 4.79 Å². The van der Waals surface area contributed by atoms with Gasteiger partial charge >= 0.3 is 0 Å². The van der Waals surface area contributed by atoms with Gasteiger partial charge in [-0.15, -0.1) is 0 Å². The van der Waals surface area contributed by atoms with E-state index in [9.17, 15) is 4.79 Å². The highest BCUT2D eigenvalue weighted by Crippen LogP contribution is 2.27. The lowest BCUT2D eigenvalue weighted by Crippen LogP contribution is -2.24. The monoisotopic (exact) mass is 404 g/mol. The minimum absolute atomic E-state index is 0.130. The molecule has 3 aromatic rings. The molecule has 0 aliphatic heterocycles. The molecule has 1 amide bonds. The van der Waals surface area contributed by atoms with Gasteiger partial charge in [0.25, 0.3) is 5.91 Å². The molecule has 154 valence electrons. The molecule has 0 saturated heterocycles. The lowest BCUT2D eigenvalue weighted by Gasteiger charge is -2.09. The largest absolute Gasteiger partial charge is 0.493 e. The molecule has 0 heterocycles. The molecule has 0 spiro atoms. The minimum Gasteiger partial charge on any atom is -0.493 e. The molecule has 0 aromatic heterocycles. The van der Waals surface area contributed by atoms with Crippen LogP contribution in [-0.2, 0) is 4.79 Å². The third-order valence-electron chi connectivity index (χ3n) is 4.22. The maximum absolute atomic E-state index is 12.0. The lowest BCUT2D eigenvalue weighted by atomic mass is 10.1. The summed E-state index contributed by atoms with van der Waals surface area (Å²) in [5.41, 5.74) is 5.43. The summed E-state index contributed by atoms with van der Waals surface area (Å²) in [5, 5.41) is 3.96. The first-order chi connectivity index (χ1) is 14.7. The van der Waals surface area contributed by atoms with Gasteiger partial charge < -0.3 is 14.2 Å². The van der Waals surface area contributed by atoms with Crippen molar-refractivity contribution in [2.75, 3.05) is 20.3 Å². The molecular formula is C24H24N2O4. The Labute approximate surface area is 176 Å². The zero-order chi connectivity index (χ0) is 21.2. The third-order valence-corrected chi connectivity index (χ3v) is 4.22. The maximum Gasteiger partial charge on any atom is 0.277 e. The van der Waals surface area contributed by atoms with Crippen molar-refractivity contribution >= 4 is 12.1 Å². The van der Waals surface area contributed by atoms with Gasteiger partial charge in [0.1, 0.15) is 5.75 Å². The summed E-state index contributed by atoms with van der Waals surface area (Å²) < 4.78 is 16.3. The van der Waals surface area contributed by atoms with E-state index in [0.717, 1.165) is 16.7 Å². The molecule has 1 N–H and O–H groups in total. The summed E-state index contributed by atoms with van der Waals surface area (Å²) in [6.45, 7) is 2.33. The fourth-order valence-corrected chi connectivity index (χ4v) is 2.77. The van der Waals surface area contributed by atoms with Gasteiger partial charge in [-0.05, 0) is 53.9 Å². The Bertz CT molecular complexity index is 986. The summed E-state index contributed by atoms with van der Waals surface area (Å²) in [7, 11) is 1.57. The van der Waals surface area contributed by atoms with Crippen LogP contribution in [0, 0.1) is 0 Å². The summed E-state index contributed by atoms with van der Waals surface area (Å²) >= 11 is 0. The number of methoxy groups -OCH3 is 1. The molecular weight excluding hydrogens is 380 g/mol. The van der Waals surface area contributed by atoms with Gasteiger partial charge in [0, 0.05) is 0 Å². The van der Waals surface area contributed by atoms with Crippen molar-refractivity contribution in [2.24, 2.45) is 5.10 Å². The van der Waals surface area contributed by atoms with Crippen molar-refractivity contribution in [3.05, 3.63) is 78.4 Å². The third kappa shape index (κ3) is 5.85. The molecule has 30 heavy (non-hydrogen) atoms. The number of ether oxygens (including phenoxy) is 3. The van der Waals surface area contributed by atoms with Crippen LogP contribution in [0.4, 0.5) is 0 Å². The summed E-state index contributed by atoms with van der Waals surface area (Å²) in [4.78, 5) is 12.0. The molecule has 0 unspecified atom stereocenters. The average molecular weight is 404 g/mol. The van der Waals surface area contributed by atoms with Crippen LogP contribution in [0.1, 0.15) is 12.5 Å². The number of rotatable bonds is 9. The Morgan fingerprint density at radius 1 is 0.933 bits per heavy atom. The fraction of sp³-hybridized carbons (Fsp3) is 0.167. The smallest absolute Gasteiger partial charge is 0.277 e. The van der Waals surface area contributed by atoms with Crippen LogP contribution in [0.2, 0.25) is 0 Å². The molecule has 3 rings (SSSR count). The zero-order valence-electron chi connectivity index (χ0n) is 17.0. The van der Waals surface area contributed by atoms with Crippen LogP contribution in [0.25, 0.3) is 11.1 Å². The van der Waals surface area contributed by atoms with E-state index in [1.165, 1.54) is 6.21 Å². The second-order valence-electron chi connectivity index (χ2n) is 6.32. The average Bonchev–Trinajstić information content (AvgIpc) is 2.79. The molecule has 0 bridgehead atoms. The minimum atomic E-state index is -0.351. The second kappa shape index (κ2) is 10.7. The highest BCUT2D eigenvalue weighted by atomic mass is 16.5. The van der Waals surface area contributed by atoms with Crippen molar-refractivity contribution in [1.82, 2.24) is 5.43 Å². The molecule has 3 aromatic carbocycles. The van der Waals surface area contributed by atoms with Crippen LogP contribution in [-0.4, -0.2) is 32.4 Å². The van der Waals surface area contributed by atoms with E-state index in [4.69, 9.17) is 14.2 Å². The van der Waals surface area contributed by atoms with E-state index in [1.54, 1.807) is 19.2 Å². The van der Waals surface area contributed by atoms with E-state index in [0.29, 0.717) is 23.9 Å². The molecule has 0 aliphatic rings. The van der Waals surface area contributed by atoms with Gasteiger partial charge in [-0.25, -0.2) is 5.43 Å². The van der Waals surface area contributed by atoms with Gasteiger partial charge in [-0.2, -0.15) is 5.10 Å². The van der Waals surface area contributed by atoms with Crippen LogP contribution >= 0.6 is 0 Å². The van der Waals surface area contributed by atoms with E-state index in [2.05, 4.69) is 10.5 Å². The Kier molecular flexibility index (Phi) is 7.44. The predicted octanol–water partition coefficient (Wildman–Crippen LogP) is 4.29. The van der Waals surface area contributed by atoms with Crippen molar-refractivity contribution in [3.63, 3.8) is 0 Å². The van der Waals surface area contributed by atoms with Gasteiger partial charge in [0.2, 0.25) is 0 Å². The summed E-state index contributed by atoms with van der Waals surface area (Å²) in [6, 6.07) is 23.1. The molecule has 0 saturated carbocycles. The number of nitrogens with zero attached hydrogens (tertiary/aromatic N) is 1. The first-order valence-corrected chi connectivity index (χ1v) is 9.60. The maximum atomic E-state index is 12.0. The molecule has 6 heteroatoms. The number of nitrogens with one attached hydrogen (secondary N) is 1. The van der Waals surface area contributed by atoms with Crippen molar-refractivity contribution in [2.45, 2.75) is 6.92 Å². The Morgan fingerprint density at radius 2 is 1.67 bits per heavy atom. The number of hydrogen-bond donors (Lipinski definition) is 1. The lowest BCUT2D eigenvalue weighted by molar-refractivity contribution is -0.123. The Hall–Kier alpha value is -3.80. The highest BCUT2D eigenvalue weighted by Gasteiger charge is 2.05. The van der Waals surface area contributed by atoms with Crippen LogP contribution in [0.5, 0.6) is 17.2 Å². The van der Waals surface area contributed by atoms with E-state index < -0.39 is 0 Å². The normalized spacial score (nSPS) is 10.6. The highest BCUT2D eigenvalue weighted by molar-refractivity contribution is 5.83. The fourth-order valence-electron chi connectivity index (χ4n) is 2.77. The zero-order valence-corrected chi connectivity index (χ0v) is 17.0. The summed E-state index contributed by atoms with van der Waals surface area (Å²) in [6.07, 6.45) is 1.53. The molecule has 6 nitrogen and oxygen atoms in total. The Balaban J connectivity index is 1.49.